The van der Waals surface area contributed by atoms with Crippen molar-refractivity contribution in [3.63, 3.8) is 0 Å². The van der Waals surface area contributed by atoms with Gasteiger partial charge in [-0.25, -0.2) is 4.79 Å². The summed E-state index contributed by atoms with van der Waals surface area (Å²) in [6, 6.07) is 5.82. The molecule has 7 nitrogen and oxygen atoms in total. The number of carboxylic acid groups (broad SMARTS) is 1. The number of benzene rings is 1. The van der Waals surface area contributed by atoms with Crippen LogP contribution < -0.4 is 10.5 Å². The third-order valence-corrected chi connectivity index (χ3v) is 7.11. The highest BCUT2D eigenvalue weighted by Crippen LogP contribution is 2.48. The second kappa shape index (κ2) is 11.7. The molecule has 0 saturated heterocycles. The van der Waals surface area contributed by atoms with Crippen molar-refractivity contribution in [1.29, 1.82) is 0 Å². The Morgan fingerprint density at radius 2 is 2.03 bits per heavy atom. The molecule has 178 valence electrons. The number of esters is 1. The van der Waals surface area contributed by atoms with Gasteiger partial charge < -0.3 is 25.4 Å². The first-order chi connectivity index (χ1) is 15.4. The van der Waals surface area contributed by atoms with Crippen LogP contribution in [0.1, 0.15) is 63.0 Å². The van der Waals surface area contributed by atoms with Crippen molar-refractivity contribution in [2.24, 2.45) is 23.5 Å². The molecule has 0 bridgehead atoms. The molecule has 7 heteroatoms. The van der Waals surface area contributed by atoms with Gasteiger partial charge in [-0.1, -0.05) is 31.9 Å². The summed E-state index contributed by atoms with van der Waals surface area (Å²) < 4.78 is 11.1. The molecule has 1 aromatic carbocycles. The summed E-state index contributed by atoms with van der Waals surface area (Å²) >= 11 is 0. The lowest BCUT2D eigenvalue weighted by Gasteiger charge is -2.32. The van der Waals surface area contributed by atoms with E-state index >= 15 is 0 Å². The van der Waals surface area contributed by atoms with Crippen molar-refractivity contribution < 1.29 is 29.3 Å². The number of aliphatic hydroxyl groups excluding tert-OH is 1. The van der Waals surface area contributed by atoms with Gasteiger partial charge in [0.05, 0.1) is 12.6 Å². The van der Waals surface area contributed by atoms with Crippen molar-refractivity contribution in [2.45, 2.75) is 76.9 Å². The maximum absolute atomic E-state index is 11.8. The van der Waals surface area contributed by atoms with E-state index in [1.54, 1.807) is 0 Å². The quantitative estimate of drug-likeness (QED) is 0.333. The van der Waals surface area contributed by atoms with Gasteiger partial charge in [0.25, 0.3) is 0 Å². The molecule has 0 unspecified atom stereocenters. The third-order valence-electron chi connectivity index (χ3n) is 7.11. The van der Waals surface area contributed by atoms with E-state index in [4.69, 9.17) is 20.3 Å². The summed E-state index contributed by atoms with van der Waals surface area (Å²) in [5.74, 6) is 0.178. The summed E-state index contributed by atoms with van der Waals surface area (Å²) in [4.78, 5) is 22.7. The van der Waals surface area contributed by atoms with Crippen LogP contribution >= 0.6 is 0 Å². The lowest BCUT2D eigenvalue weighted by atomic mass is 9.73. The van der Waals surface area contributed by atoms with Crippen molar-refractivity contribution in [3.8, 4) is 5.75 Å². The van der Waals surface area contributed by atoms with E-state index < -0.39 is 5.97 Å². The fourth-order valence-corrected chi connectivity index (χ4v) is 5.58. The molecule has 0 aromatic heterocycles. The Kier molecular flexibility index (Phi) is 8.93. The van der Waals surface area contributed by atoms with Crippen LogP contribution in [-0.2, 0) is 27.2 Å². The molecule has 1 saturated carbocycles. The molecule has 0 spiro atoms. The Balaban J connectivity index is 1.65. The average molecular weight is 448 g/mol. The van der Waals surface area contributed by atoms with Crippen LogP contribution in [0, 0.1) is 17.8 Å². The van der Waals surface area contributed by atoms with Crippen LogP contribution in [0.3, 0.4) is 0 Å². The molecule has 3 rings (SSSR count). The smallest absolute Gasteiger partial charge is 0.341 e. The SMILES string of the molecule is CCCCC[C@@H](CC[C@@H]1[C@H]2Cc3cccc(OCC(=O)O)c3C[C@H]2C[C@H]1O)OC(=O)CN. The predicted molar refractivity (Wildman–Crippen MR) is 120 cm³/mol. The number of carbonyl (C=O) groups is 2. The number of aliphatic hydroxyl groups is 1. The maximum Gasteiger partial charge on any atom is 0.341 e. The Hall–Kier alpha value is -2.12. The Morgan fingerprint density at radius 1 is 1.22 bits per heavy atom. The topological polar surface area (TPSA) is 119 Å². The zero-order valence-corrected chi connectivity index (χ0v) is 19.0. The summed E-state index contributed by atoms with van der Waals surface area (Å²) in [5, 5.41) is 19.8. The minimum Gasteiger partial charge on any atom is -0.482 e. The number of hydrogen-bond acceptors (Lipinski definition) is 6. The third kappa shape index (κ3) is 6.23. The van der Waals surface area contributed by atoms with Crippen molar-refractivity contribution in [1.82, 2.24) is 0 Å². The van der Waals surface area contributed by atoms with Gasteiger partial charge in [0, 0.05) is 0 Å². The first-order valence-electron chi connectivity index (χ1n) is 12.0. The zero-order chi connectivity index (χ0) is 23.1. The van der Waals surface area contributed by atoms with Crippen LogP contribution in [0.4, 0.5) is 0 Å². The van der Waals surface area contributed by atoms with E-state index in [2.05, 4.69) is 13.0 Å². The molecule has 2 aliphatic carbocycles. The molecular formula is C25H37NO6. The van der Waals surface area contributed by atoms with Crippen molar-refractivity contribution >= 4 is 11.9 Å². The van der Waals surface area contributed by atoms with E-state index in [9.17, 15) is 14.7 Å². The first kappa shape index (κ1) is 24.5. The molecule has 2 aliphatic rings. The van der Waals surface area contributed by atoms with Crippen molar-refractivity contribution in [2.75, 3.05) is 13.2 Å². The van der Waals surface area contributed by atoms with E-state index in [0.717, 1.165) is 63.4 Å². The van der Waals surface area contributed by atoms with E-state index in [0.29, 0.717) is 17.6 Å². The van der Waals surface area contributed by atoms with E-state index in [1.165, 1.54) is 5.56 Å². The van der Waals surface area contributed by atoms with Gasteiger partial charge in [-0.15, -0.1) is 0 Å². The van der Waals surface area contributed by atoms with Crippen LogP contribution in [0.15, 0.2) is 18.2 Å². The normalized spacial score (nSPS) is 25.0. The van der Waals surface area contributed by atoms with E-state index in [1.807, 2.05) is 12.1 Å². The summed E-state index contributed by atoms with van der Waals surface area (Å²) in [6.45, 7) is 1.69. The first-order valence-corrected chi connectivity index (χ1v) is 12.0. The molecule has 1 aromatic rings. The fourth-order valence-electron chi connectivity index (χ4n) is 5.58. The highest BCUT2D eigenvalue weighted by molar-refractivity contribution is 5.71. The number of ether oxygens (including phenoxy) is 2. The standard InChI is InChI=1S/C25H37NO6/c1-2-3-4-7-18(32-25(30)14-26)9-10-19-20-11-16-6-5-8-23(31-15-24(28)29)21(16)12-17(20)13-22(19)27/h5-6,8,17-20,22,27H,2-4,7,9-15,26H2,1H3,(H,28,29)/t17-,18-,19+,20-,22+/m0/s1. The van der Waals surface area contributed by atoms with Gasteiger partial charge in [0.1, 0.15) is 11.9 Å². The highest BCUT2D eigenvalue weighted by atomic mass is 16.5. The number of carbonyl (C=O) groups excluding carboxylic acids is 1. The summed E-state index contributed by atoms with van der Waals surface area (Å²) in [7, 11) is 0. The molecule has 0 amide bonds. The fraction of sp³-hybridized carbons (Fsp3) is 0.680. The van der Waals surface area contributed by atoms with Crippen LogP contribution in [-0.4, -0.2) is 47.5 Å². The number of nitrogens with two attached hydrogens (primary N) is 1. The van der Waals surface area contributed by atoms with Crippen molar-refractivity contribution in [3.05, 3.63) is 29.3 Å². The average Bonchev–Trinajstić information content (AvgIpc) is 3.08. The molecule has 0 radical (unpaired) electrons. The molecule has 32 heavy (non-hydrogen) atoms. The molecule has 5 atom stereocenters. The summed E-state index contributed by atoms with van der Waals surface area (Å²) in [6.07, 6.45) is 7.52. The van der Waals surface area contributed by atoms with Gasteiger partial charge in [-0.3, -0.25) is 4.79 Å². The number of aliphatic carboxylic acids is 1. The Bertz CT molecular complexity index is 782. The molecule has 1 fully saturated rings. The van der Waals surface area contributed by atoms with Gasteiger partial charge in [-0.05, 0) is 79.9 Å². The zero-order valence-electron chi connectivity index (χ0n) is 19.0. The molecular weight excluding hydrogens is 410 g/mol. The number of hydrogen-bond donors (Lipinski definition) is 3. The second-order valence-electron chi connectivity index (χ2n) is 9.26. The lowest BCUT2D eigenvalue weighted by Crippen LogP contribution is -2.29. The molecule has 4 N–H and O–H groups in total. The number of rotatable bonds is 12. The Labute approximate surface area is 190 Å². The maximum atomic E-state index is 11.8. The minimum absolute atomic E-state index is 0.107. The van der Waals surface area contributed by atoms with Crippen LogP contribution in [0.2, 0.25) is 0 Å². The Morgan fingerprint density at radius 3 is 2.75 bits per heavy atom. The van der Waals surface area contributed by atoms with E-state index in [-0.39, 0.29) is 37.2 Å². The van der Waals surface area contributed by atoms with Gasteiger partial charge >= 0.3 is 11.9 Å². The largest absolute Gasteiger partial charge is 0.482 e. The van der Waals surface area contributed by atoms with Gasteiger partial charge in [-0.2, -0.15) is 0 Å². The predicted octanol–water partition coefficient (Wildman–Crippen LogP) is 3.09. The van der Waals surface area contributed by atoms with Crippen LogP contribution in [0.5, 0.6) is 5.75 Å². The van der Waals surface area contributed by atoms with Gasteiger partial charge in [0.15, 0.2) is 6.61 Å². The molecule has 0 aliphatic heterocycles. The lowest BCUT2D eigenvalue weighted by molar-refractivity contribution is -0.148. The number of carboxylic acids is 1. The minimum atomic E-state index is -0.989. The van der Waals surface area contributed by atoms with Gasteiger partial charge in [0.2, 0.25) is 0 Å². The number of unbranched alkanes of at least 4 members (excludes halogenated alkanes) is 2. The highest BCUT2D eigenvalue weighted by Gasteiger charge is 2.45. The number of fused-ring (bicyclic) bond motifs is 2. The monoisotopic (exact) mass is 447 g/mol. The summed E-state index contributed by atoms with van der Waals surface area (Å²) in [5.41, 5.74) is 7.70. The molecule has 0 heterocycles. The second-order valence-corrected chi connectivity index (χ2v) is 9.26. The van der Waals surface area contributed by atoms with Crippen LogP contribution in [0.25, 0.3) is 0 Å².